The number of hydrogen-bond donors (Lipinski definition) is 2. The predicted molar refractivity (Wildman–Crippen MR) is 112 cm³/mol. The fourth-order valence-corrected chi connectivity index (χ4v) is 3.66. The molecule has 1 aliphatic rings. The summed E-state index contributed by atoms with van der Waals surface area (Å²) < 4.78 is 5.69. The Hall–Kier alpha value is -1.80. The highest BCUT2D eigenvalue weighted by atomic mass is 35.5. The predicted octanol–water partition coefficient (Wildman–Crippen LogP) is 4.36. The van der Waals surface area contributed by atoms with Gasteiger partial charge in [0.1, 0.15) is 11.5 Å². The summed E-state index contributed by atoms with van der Waals surface area (Å²) >= 11 is 18.6. The zero-order chi connectivity index (χ0) is 18.5. The summed E-state index contributed by atoms with van der Waals surface area (Å²) in [7, 11) is 0. The minimum absolute atomic E-state index is 0.210. The van der Waals surface area contributed by atoms with Gasteiger partial charge in [0.05, 0.1) is 6.54 Å². The number of carbonyl (C=O) groups excluding carboxylic acids is 1. The van der Waals surface area contributed by atoms with Crippen LogP contribution in [0.4, 0.5) is 0 Å². The number of amides is 1. The first kappa shape index (κ1) is 19.0. The largest absolute Gasteiger partial charge is 0.457 e. The maximum Gasteiger partial charge on any atom is 0.250 e. The molecule has 0 atom stereocenters. The third-order valence-corrected chi connectivity index (χ3v) is 4.75. The number of halogens is 2. The van der Waals surface area contributed by atoms with E-state index in [2.05, 4.69) is 15.6 Å². The Bertz CT molecular complexity index is 889. The zero-order valence-electron chi connectivity index (χ0n) is 13.3. The van der Waals surface area contributed by atoms with E-state index >= 15 is 0 Å². The third-order valence-electron chi connectivity index (χ3n) is 3.22. The summed E-state index contributed by atoms with van der Waals surface area (Å²) in [5.41, 5.74) is 0.756. The zero-order valence-corrected chi connectivity index (χ0v) is 16.4. The van der Waals surface area contributed by atoms with Crippen molar-refractivity contribution in [3.8, 4) is 11.3 Å². The Kier molecular flexibility index (Phi) is 6.37. The van der Waals surface area contributed by atoms with Crippen LogP contribution >= 0.6 is 47.2 Å². The molecule has 1 aliphatic heterocycles. The van der Waals surface area contributed by atoms with Crippen molar-refractivity contribution in [2.75, 3.05) is 12.3 Å². The molecule has 0 bridgehead atoms. The molecule has 0 spiro atoms. The van der Waals surface area contributed by atoms with Gasteiger partial charge in [-0.15, -0.1) is 0 Å². The Morgan fingerprint density at radius 2 is 2.04 bits per heavy atom. The van der Waals surface area contributed by atoms with Crippen molar-refractivity contribution in [1.82, 2.24) is 10.6 Å². The number of rotatable bonds is 3. The molecule has 0 unspecified atom stereocenters. The van der Waals surface area contributed by atoms with Crippen molar-refractivity contribution in [2.45, 2.75) is 0 Å². The SMILES string of the molecule is O=C(/C=C/c1ccc(-c2cc(Cl)cc(Cl)c2)o1)NC(=S)NC1=NCCS1. The molecule has 0 fully saturated rings. The second-order valence-electron chi connectivity index (χ2n) is 5.17. The first-order chi connectivity index (χ1) is 12.5. The van der Waals surface area contributed by atoms with Crippen molar-refractivity contribution >= 4 is 69.4 Å². The smallest absolute Gasteiger partial charge is 0.250 e. The van der Waals surface area contributed by atoms with Crippen LogP contribution in [0, 0.1) is 0 Å². The van der Waals surface area contributed by atoms with Crippen LogP contribution in [0.2, 0.25) is 10.0 Å². The Morgan fingerprint density at radius 1 is 1.27 bits per heavy atom. The molecule has 0 aliphatic carbocycles. The molecule has 0 saturated carbocycles. The van der Waals surface area contributed by atoms with E-state index in [0.29, 0.717) is 21.6 Å². The van der Waals surface area contributed by atoms with Gasteiger partial charge in [0.2, 0.25) is 5.91 Å². The van der Waals surface area contributed by atoms with Gasteiger partial charge >= 0.3 is 0 Å². The van der Waals surface area contributed by atoms with Crippen LogP contribution in [0.5, 0.6) is 0 Å². The van der Waals surface area contributed by atoms with Crippen LogP contribution in [-0.4, -0.2) is 28.5 Å². The lowest BCUT2D eigenvalue weighted by molar-refractivity contribution is -0.115. The molecule has 2 heterocycles. The number of aliphatic imine (C=N–C) groups is 1. The van der Waals surface area contributed by atoms with Crippen LogP contribution in [0.1, 0.15) is 5.76 Å². The van der Waals surface area contributed by atoms with Gasteiger partial charge in [-0.05, 0) is 48.6 Å². The summed E-state index contributed by atoms with van der Waals surface area (Å²) in [5.74, 6) is 1.66. The van der Waals surface area contributed by atoms with Crippen LogP contribution in [0.25, 0.3) is 17.4 Å². The van der Waals surface area contributed by atoms with Crippen molar-refractivity contribution in [3.63, 3.8) is 0 Å². The normalized spacial score (nSPS) is 13.7. The van der Waals surface area contributed by atoms with E-state index in [9.17, 15) is 4.79 Å². The van der Waals surface area contributed by atoms with Gasteiger partial charge in [-0.25, -0.2) is 0 Å². The first-order valence-electron chi connectivity index (χ1n) is 7.53. The third kappa shape index (κ3) is 5.35. The first-order valence-corrected chi connectivity index (χ1v) is 9.68. The van der Waals surface area contributed by atoms with E-state index < -0.39 is 0 Å². The molecule has 2 N–H and O–H groups in total. The fraction of sp³-hybridized carbons (Fsp3) is 0.118. The summed E-state index contributed by atoms with van der Waals surface area (Å²) in [6, 6.07) is 8.67. The molecular weight excluding hydrogens is 413 g/mol. The number of furan rings is 1. The van der Waals surface area contributed by atoms with Crippen molar-refractivity contribution in [2.24, 2.45) is 4.99 Å². The summed E-state index contributed by atoms with van der Waals surface area (Å²) in [6.07, 6.45) is 2.89. The van der Waals surface area contributed by atoms with Crippen LogP contribution in [0.15, 0.2) is 45.8 Å². The number of nitrogens with zero attached hydrogens (tertiary/aromatic N) is 1. The maximum atomic E-state index is 11.9. The Labute approximate surface area is 169 Å². The lowest BCUT2D eigenvalue weighted by Gasteiger charge is -2.06. The highest BCUT2D eigenvalue weighted by molar-refractivity contribution is 8.14. The van der Waals surface area contributed by atoms with E-state index in [1.54, 1.807) is 48.2 Å². The van der Waals surface area contributed by atoms with Crippen molar-refractivity contribution < 1.29 is 9.21 Å². The standard InChI is InChI=1S/C17H13Cl2N3O2S2/c18-11-7-10(8-12(19)9-11)14-3-1-13(24-14)2-4-15(23)21-16(25)22-17-20-5-6-26-17/h1-4,7-9H,5-6H2,(H2,20,21,22,23,25)/b4-2+. The maximum absolute atomic E-state index is 11.9. The second-order valence-corrected chi connectivity index (χ2v) is 7.54. The van der Waals surface area contributed by atoms with Gasteiger partial charge < -0.3 is 9.73 Å². The summed E-state index contributed by atoms with van der Waals surface area (Å²) in [4.78, 5) is 16.1. The second kappa shape index (κ2) is 8.73. The highest BCUT2D eigenvalue weighted by Crippen LogP contribution is 2.28. The van der Waals surface area contributed by atoms with E-state index in [4.69, 9.17) is 39.8 Å². The number of benzene rings is 1. The molecule has 2 aromatic rings. The average molecular weight is 426 g/mol. The number of amidine groups is 1. The molecule has 0 radical (unpaired) electrons. The van der Waals surface area contributed by atoms with E-state index in [1.165, 1.54) is 6.08 Å². The van der Waals surface area contributed by atoms with Gasteiger partial charge in [0, 0.05) is 27.4 Å². The van der Waals surface area contributed by atoms with E-state index in [0.717, 1.165) is 23.0 Å². The minimum atomic E-state index is -0.366. The van der Waals surface area contributed by atoms with Gasteiger partial charge in [-0.1, -0.05) is 35.0 Å². The Balaban J connectivity index is 1.59. The lowest BCUT2D eigenvalue weighted by Crippen LogP contribution is -2.40. The molecule has 0 saturated heterocycles. The van der Waals surface area contributed by atoms with Gasteiger partial charge in [-0.2, -0.15) is 0 Å². The number of nitrogens with one attached hydrogen (secondary N) is 2. The van der Waals surface area contributed by atoms with Crippen molar-refractivity contribution in [3.05, 3.63) is 52.2 Å². The molecule has 1 aromatic heterocycles. The summed E-state index contributed by atoms with van der Waals surface area (Å²) in [6.45, 7) is 0.752. The van der Waals surface area contributed by atoms with Crippen LogP contribution in [0.3, 0.4) is 0 Å². The summed E-state index contributed by atoms with van der Waals surface area (Å²) in [5, 5.41) is 7.40. The quantitative estimate of drug-likeness (QED) is 0.564. The molecule has 9 heteroatoms. The minimum Gasteiger partial charge on any atom is -0.457 e. The lowest BCUT2D eigenvalue weighted by atomic mass is 10.2. The fourth-order valence-electron chi connectivity index (χ4n) is 2.14. The molecule has 5 nitrogen and oxygen atoms in total. The van der Waals surface area contributed by atoms with Crippen molar-refractivity contribution in [1.29, 1.82) is 0 Å². The van der Waals surface area contributed by atoms with E-state index in [1.807, 2.05) is 0 Å². The molecule has 134 valence electrons. The van der Waals surface area contributed by atoms with E-state index in [-0.39, 0.29) is 11.0 Å². The van der Waals surface area contributed by atoms with Gasteiger partial charge in [0.15, 0.2) is 10.3 Å². The molecule has 1 amide bonds. The average Bonchev–Trinajstić information content (AvgIpc) is 3.23. The monoisotopic (exact) mass is 425 g/mol. The van der Waals surface area contributed by atoms with Crippen LogP contribution < -0.4 is 10.6 Å². The number of carbonyl (C=O) groups is 1. The van der Waals surface area contributed by atoms with Gasteiger partial charge in [0.25, 0.3) is 0 Å². The van der Waals surface area contributed by atoms with Crippen LogP contribution in [-0.2, 0) is 4.79 Å². The number of thioether (sulfide) groups is 1. The van der Waals surface area contributed by atoms with Gasteiger partial charge in [-0.3, -0.25) is 15.1 Å². The molecular formula is C17H13Cl2N3O2S2. The molecule has 26 heavy (non-hydrogen) atoms. The number of thiocarbonyl (C=S) groups is 1. The molecule has 3 rings (SSSR count). The Morgan fingerprint density at radius 3 is 2.73 bits per heavy atom. The molecule has 1 aromatic carbocycles. The topological polar surface area (TPSA) is 66.6 Å². The highest BCUT2D eigenvalue weighted by Gasteiger charge is 2.10. The number of hydrogen-bond acceptors (Lipinski definition) is 5.